The maximum absolute atomic E-state index is 12.5. The maximum Gasteiger partial charge on any atom is 0.195 e. The number of hydrogen-bond acceptors (Lipinski definition) is 3. The minimum Gasteiger partial charge on any atom is -0.376 e. The number of rotatable bonds is 1. The van der Waals surface area contributed by atoms with E-state index in [1.807, 2.05) is 18.2 Å². The summed E-state index contributed by atoms with van der Waals surface area (Å²) < 4.78 is 1.83. The number of benzene rings is 2. The van der Waals surface area contributed by atoms with E-state index in [1.54, 1.807) is 29.5 Å². The molecule has 3 rings (SSSR count). The van der Waals surface area contributed by atoms with Crippen molar-refractivity contribution in [3.63, 3.8) is 0 Å². The summed E-state index contributed by atoms with van der Waals surface area (Å²) in [6.07, 6.45) is 0. The van der Waals surface area contributed by atoms with E-state index in [2.05, 4.69) is 5.32 Å². The van der Waals surface area contributed by atoms with E-state index >= 15 is 0 Å². The molecule has 0 atom stereocenters. The topological polar surface area (TPSA) is 55.1 Å². The third-order valence-corrected chi connectivity index (χ3v) is 4.39. The summed E-state index contributed by atoms with van der Waals surface area (Å²) in [5.74, 6) is 0. The number of thiocarbonyl (C=S) groups is 1. The van der Waals surface area contributed by atoms with Crippen LogP contribution in [0.2, 0.25) is 5.02 Å². The molecule has 3 nitrogen and oxygen atoms in total. The summed E-state index contributed by atoms with van der Waals surface area (Å²) in [4.78, 5) is 12.5. The highest BCUT2D eigenvalue weighted by Crippen LogP contribution is 2.28. The molecule has 1 heterocycles. The highest BCUT2D eigenvalue weighted by molar-refractivity contribution is 7.80. The van der Waals surface area contributed by atoms with Crippen LogP contribution in [-0.4, -0.2) is 5.11 Å². The fourth-order valence-corrected chi connectivity index (χ4v) is 3.37. The lowest BCUT2D eigenvalue weighted by atomic mass is 10.1. The summed E-state index contributed by atoms with van der Waals surface area (Å²) in [5.41, 5.74) is 6.11. The molecule has 0 amide bonds. The molecular formula is C14H9ClN2OS2. The van der Waals surface area contributed by atoms with Gasteiger partial charge in [0.1, 0.15) is 0 Å². The Morgan fingerprint density at radius 3 is 2.50 bits per heavy atom. The van der Waals surface area contributed by atoms with Gasteiger partial charge < -0.3 is 11.1 Å². The van der Waals surface area contributed by atoms with Crippen LogP contribution >= 0.6 is 35.2 Å². The number of nitrogens with two attached hydrogens (primary N) is 1. The maximum atomic E-state index is 12.5. The molecule has 6 heteroatoms. The summed E-state index contributed by atoms with van der Waals surface area (Å²) in [7, 11) is 0. The van der Waals surface area contributed by atoms with Gasteiger partial charge in [-0.2, -0.15) is 0 Å². The first-order valence-corrected chi connectivity index (χ1v) is 7.37. The minimum atomic E-state index is -0.0390. The van der Waals surface area contributed by atoms with Crippen LogP contribution in [0.5, 0.6) is 0 Å². The molecule has 3 N–H and O–H groups in total. The molecule has 0 fully saturated rings. The predicted octanol–water partition coefficient (Wildman–Crippen LogP) is 3.72. The summed E-state index contributed by atoms with van der Waals surface area (Å²) >= 11 is 12.3. The Labute approximate surface area is 129 Å². The molecule has 0 saturated carbocycles. The largest absolute Gasteiger partial charge is 0.376 e. The van der Waals surface area contributed by atoms with Gasteiger partial charge in [-0.15, -0.1) is 11.3 Å². The third kappa shape index (κ3) is 2.35. The van der Waals surface area contributed by atoms with Gasteiger partial charge in [-0.1, -0.05) is 11.6 Å². The van der Waals surface area contributed by atoms with Crippen molar-refractivity contribution in [1.29, 1.82) is 0 Å². The van der Waals surface area contributed by atoms with E-state index in [4.69, 9.17) is 29.6 Å². The van der Waals surface area contributed by atoms with Gasteiger partial charge in [-0.25, -0.2) is 0 Å². The highest BCUT2D eigenvalue weighted by Gasteiger charge is 2.07. The van der Waals surface area contributed by atoms with Crippen molar-refractivity contribution in [2.45, 2.75) is 0 Å². The van der Waals surface area contributed by atoms with Crippen molar-refractivity contribution >= 4 is 66.1 Å². The number of halogens is 1. The Hall–Kier alpha value is -1.69. The van der Waals surface area contributed by atoms with Crippen molar-refractivity contribution in [2.24, 2.45) is 5.73 Å². The van der Waals surface area contributed by atoms with Crippen molar-refractivity contribution in [3.8, 4) is 0 Å². The molecule has 0 saturated heterocycles. The number of fused-ring (bicyclic) bond motifs is 2. The summed E-state index contributed by atoms with van der Waals surface area (Å²) in [6.45, 7) is 0. The normalized spacial score (nSPS) is 10.8. The van der Waals surface area contributed by atoms with Crippen LogP contribution in [0.3, 0.4) is 0 Å². The van der Waals surface area contributed by atoms with Gasteiger partial charge in [0.05, 0.1) is 0 Å². The van der Waals surface area contributed by atoms with Crippen molar-refractivity contribution < 1.29 is 0 Å². The molecule has 1 aromatic heterocycles. The molecule has 0 unspecified atom stereocenters. The lowest BCUT2D eigenvalue weighted by Crippen LogP contribution is -2.18. The number of anilines is 1. The summed E-state index contributed by atoms with van der Waals surface area (Å²) in [6, 6.07) is 10.8. The first-order chi connectivity index (χ1) is 9.54. The fourth-order valence-electron chi connectivity index (χ4n) is 2.05. The van der Waals surface area contributed by atoms with E-state index in [9.17, 15) is 4.79 Å². The van der Waals surface area contributed by atoms with E-state index in [0.29, 0.717) is 21.5 Å². The van der Waals surface area contributed by atoms with Gasteiger partial charge in [0.2, 0.25) is 0 Å². The van der Waals surface area contributed by atoms with Crippen LogP contribution in [0.15, 0.2) is 41.2 Å². The zero-order valence-electron chi connectivity index (χ0n) is 10.1. The smallest absolute Gasteiger partial charge is 0.195 e. The van der Waals surface area contributed by atoms with Gasteiger partial charge in [0.25, 0.3) is 0 Å². The summed E-state index contributed by atoms with van der Waals surface area (Å²) in [5, 5.41) is 4.82. The number of nitrogens with one attached hydrogen (secondary N) is 1. The lowest BCUT2D eigenvalue weighted by Gasteiger charge is -2.06. The van der Waals surface area contributed by atoms with Crippen LogP contribution in [-0.2, 0) is 0 Å². The van der Waals surface area contributed by atoms with Gasteiger partial charge >= 0.3 is 0 Å². The van der Waals surface area contributed by atoms with Gasteiger partial charge in [-0.05, 0) is 48.6 Å². The Balaban J connectivity index is 2.33. The first-order valence-electron chi connectivity index (χ1n) is 5.77. The zero-order valence-corrected chi connectivity index (χ0v) is 12.5. The molecule has 100 valence electrons. The Bertz CT molecular complexity index is 905. The quantitative estimate of drug-likeness (QED) is 0.530. The second-order valence-corrected chi connectivity index (χ2v) is 6.23. The second-order valence-electron chi connectivity index (χ2n) is 4.27. The third-order valence-electron chi connectivity index (χ3n) is 2.90. The van der Waals surface area contributed by atoms with E-state index in [1.165, 1.54) is 0 Å². The van der Waals surface area contributed by atoms with Crippen molar-refractivity contribution in [2.75, 3.05) is 5.32 Å². The fraction of sp³-hybridized carbons (Fsp3) is 0. The van der Waals surface area contributed by atoms with Crippen LogP contribution in [0, 0.1) is 0 Å². The van der Waals surface area contributed by atoms with Crippen LogP contribution in [0.1, 0.15) is 0 Å². The molecule has 0 aliphatic carbocycles. The highest BCUT2D eigenvalue weighted by atomic mass is 35.5. The molecule has 0 spiro atoms. The van der Waals surface area contributed by atoms with Crippen molar-refractivity contribution in [1.82, 2.24) is 0 Å². The molecular weight excluding hydrogens is 312 g/mol. The van der Waals surface area contributed by atoms with Gasteiger partial charge in [0.15, 0.2) is 10.5 Å². The minimum absolute atomic E-state index is 0.0390. The average Bonchev–Trinajstić information content (AvgIpc) is 2.40. The standard InChI is InChI=1S/C14H9ClN2OS2/c15-7-1-3-11-9(5-7)13(18)10-6-8(17-14(16)19)2-4-12(10)20-11/h1-6H,(H3,16,17,19). The molecule has 0 aliphatic heterocycles. The zero-order chi connectivity index (χ0) is 14.3. The monoisotopic (exact) mass is 320 g/mol. The lowest BCUT2D eigenvalue weighted by molar-refractivity contribution is 1.64. The van der Waals surface area contributed by atoms with Crippen LogP contribution in [0.25, 0.3) is 20.2 Å². The molecule has 20 heavy (non-hydrogen) atoms. The molecule has 0 aliphatic rings. The van der Waals surface area contributed by atoms with Gasteiger partial charge in [0, 0.05) is 30.9 Å². The van der Waals surface area contributed by atoms with E-state index in [0.717, 1.165) is 9.40 Å². The van der Waals surface area contributed by atoms with E-state index in [-0.39, 0.29) is 10.5 Å². The Morgan fingerprint density at radius 2 is 1.80 bits per heavy atom. The SMILES string of the molecule is NC(=S)Nc1ccc2sc3ccc(Cl)cc3c(=O)c2c1. The predicted molar refractivity (Wildman–Crippen MR) is 91.0 cm³/mol. The molecule has 0 bridgehead atoms. The van der Waals surface area contributed by atoms with E-state index < -0.39 is 0 Å². The molecule has 0 radical (unpaired) electrons. The average molecular weight is 321 g/mol. The molecule has 3 aromatic rings. The van der Waals surface area contributed by atoms with Gasteiger partial charge in [-0.3, -0.25) is 4.79 Å². The molecule has 2 aromatic carbocycles. The van der Waals surface area contributed by atoms with Crippen LogP contribution in [0.4, 0.5) is 5.69 Å². The first kappa shape index (κ1) is 13.3. The second kappa shape index (κ2) is 5.01. The van der Waals surface area contributed by atoms with Crippen molar-refractivity contribution in [3.05, 3.63) is 51.6 Å². The Morgan fingerprint density at radius 1 is 1.15 bits per heavy atom. The van der Waals surface area contributed by atoms with Crippen LogP contribution < -0.4 is 16.5 Å². The number of hydrogen-bond donors (Lipinski definition) is 2. The Kier molecular flexibility index (Phi) is 3.33.